The summed E-state index contributed by atoms with van der Waals surface area (Å²) in [7, 11) is 1.80. The molecule has 4 nitrogen and oxygen atoms in total. The molecule has 2 aromatic rings. The van der Waals surface area contributed by atoms with Crippen LogP contribution >= 0.6 is 11.3 Å². The van der Waals surface area contributed by atoms with Crippen LogP contribution in [0.5, 0.6) is 5.75 Å². The van der Waals surface area contributed by atoms with E-state index in [1.54, 1.807) is 18.4 Å². The van der Waals surface area contributed by atoms with Crippen LogP contribution in [0.2, 0.25) is 0 Å². The Bertz CT molecular complexity index is 665. The van der Waals surface area contributed by atoms with Crippen molar-refractivity contribution in [1.82, 2.24) is 10.6 Å². The van der Waals surface area contributed by atoms with Gasteiger partial charge in [0.15, 0.2) is 5.96 Å². The van der Waals surface area contributed by atoms with Gasteiger partial charge in [-0.15, -0.1) is 11.3 Å². The number of benzene rings is 1. The number of guanidine groups is 1. The van der Waals surface area contributed by atoms with Gasteiger partial charge in [-0.05, 0) is 43.7 Å². The number of thiophene rings is 1. The molecule has 1 atom stereocenters. The van der Waals surface area contributed by atoms with Crippen LogP contribution < -0.4 is 15.4 Å². The summed E-state index contributed by atoms with van der Waals surface area (Å²) in [6, 6.07) is 12.7. The standard InChI is InChI=1S/C19H25N3OS/c1-14(18-11-6-12-24-18)22-19(20-2)21-13-15-7-3-4-10-17(15)23-16-8-5-9-16/h3-4,6-7,10-12,14,16H,5,8-9,13H2,1-2H3,(H2,20,21,22). The minimum atomic E-state index is 0.234. The van der Waals surface area contributed by atoms with Crippen molar-refractivity contribution in [2.45, 2.75) is 44.9 Å². The van der Waals surface area contributed by atoms with E-state index in [2.05, 4.69) is 58.3 Å². The number of hydrogen-bond donors (Lipinski definition) is 2. The molecular formula is C19H25N3OS. The van der Waals surface area contributed by atoms with Gasteiger partial charge in [0, 0.05) is 24.0 Å². The average molecular weight is 343 g/mol. The normalized spacial score (nSPS) is 16.3. The fourth-order valence-corrected chi connectivity index (χ4v) is 3.35. The van der Waals surface area contributed by atoms with Gasteiger partial charge in [-0.1, -0.05) is 24.3 Å². The molecule has 1 fully saturated rings. The maximum absolute atomic E-state index is 6.09. The highest BCUT2D eigenvalue weighted by Crippen LogP contribution is 2.27. The van der Waals surface area contributed by atoms with E-state index in [1.807, 2.05) is 6.07 Å². The Labute approximate surface area is 148 Å². The van der Waals surface area contributed by atoms with Crippen LogP contribution in [0.3, 0.4) is 0 Å². The van der Waals surface area contributed by atoms with Gasteiger partial charge < -0.3 is 15.4 Å². The molecule has 1 heterocycles. The first-order valence-corrected chi connectivity index (χ1v) is 9.39. The summed E-state index contributed by atoms with van der Waals surface area (Å²) in [6.07, 6.45) is 4.01. The maximum atomic E-state index is 6.09. The summed E-state index contributed by atoms with van der Waals surface area (Å²) in [5.41, 5.74) is 1.16. The lowest BCUT2D eigenvalue weighted by Crippen LogP contribution is -2.38. The van der Waals surface area contributed by atoms with Crippen LogP contribution in [0.25, 0.3) is 0 Å². The third-order valence-corrected chi connectivity index (χ3v) is 5.37. The molecule has 0 spiro atoms. The van der Waals surface area contributed by atoms with Crippen LogP contribution in [0.15, 0.2) is 46.8 Å². The largest absolute Gasteiger partial charge is 0.490 e. The quantitative estimate of drug-likeness (QED) is 0.613. The zero-order valence-corrected chi connectivity index (χ0v) is 15.1. The molecule has 1 saturated carbocycles. The van der Waals surface area contributed by atoms with Crippen molar-refractivity contribution >= 4 is 17.3 Å². The highest BCUT2D eigenvalue weighted by Gasteiger charge is 2.20. The monoisotopic (exact) mass is 343 g/mol. The molecule has 0 radical (unpaired) electrons. The third-order valence-electron chi connectivity index (χ3n) is 4.31. The van der Waals surface area contributed by atoms with Crippen LogP contribution in [0.4, 0.5) is 0 Å². The van der Waals surface area contributed by atoms with E-state index in [-0.39, 0.29) is 6.04 Å². The Kier molecular flexibility index (Phi) is 5.75. The van der Waals surface area contributed by atoms with Gasteiger partial charge >= 0.3 is 0 Å². The van der Waals surface area contributed by atoms with Gasteiger partial charge in [0.05, 0.1) is 12.1 Å². The second kappa shape index (κ2) is 8.20. The summed E-state index contributed by atoms with van der Waals surface area (Å²) < 4.78 is 6.09. The lowest BCUT2D eigenvalue weighted by molar-refractivity contribution is 0.119. The summed E-state index contributed by atoms with van der Waals surface area (Å²) >= 11 is 1.75. The SMILES string of the molecule is CN=C(NCc1ccccc1OC1CCC1)NC(C)c1cccs1. The van der Waals surface area contributed by atoms with Crippen LogP contribution in [0, 0.1) is 0 Å². The van der Waals surface area contributed by atoms with E-state index in [0.717, 1.165) is 17.3 Å². The molecule has 2 N–H and O–H groups in total. The molecule has 128 valence electrons. The van der Waals surface area contributed by atoms with Crippen molar-refractivity contribution in [3.05, 3.63) is 52.2 Å². The molecule has 3 rings (SSSR count). The van der Waals surface area contributed by atoms with Gasteiger partial charge in [-0.3, -0.25) is 4.99 Å². The van der Waals surface area contributed by atoms with Crippen LogP contribution in [0.1, 0.15) is 42.7 Å². The molecule has 0 aliphatic heterocycles. The molecule has 1 aliphatic rings. The minimum Gasteiger partial charge on any atom is -0.490 e. The van der Waals surface area contributed by atoms with Crippen molar-refractivity contribution in [2.75, 3.05) is 7.05 Å². The Morgan fingerprint density at radius 1 is 1.29 bits per heavy atom. The van der Waals surface area contributed by atoms with Crippen molar-refractivity contribution in [3.8, 4) is 5.75 Å². The van der Waals surface area contributed by atoms with Gasteiger partial charge in [0.25, 0.3) is 0 Å². The summed E-state index contributed by atoms with van der Waals surface area (Å²) in [5, 5.41) is 8.92. The van der Waals surface area contributed by atoms with Crippen molar-refractivity contribution in [1.29, 1.82) is 0 Å². The fourth-order valence-electron chi connectivity index (χ4n) is 2.62. The highest BCUT2D eigenvalue weighted by molar-refractivity contribution is 7.10. The number of aliphatic imine (C=N–C) groups is 1. The molecule has 1 aliphatic carbocycles. The molecule has 0 amide bonds. The summed E-state index contributed by atoms with van der Waals surface area (Å²) in [5.74, 6) is 1.78. The molecule has 1 unspecified atom stereocenters. The van der Waals surface area contributed by atoms with E-state index >= 15 is 0 Å². The number of nitrogens with one attached hydrogen (secondary N) is 2. The number of para-hydroxylation sites is 1. The van der Waals surface area contributed by atoms with Gasteiger partial charge in [0.2, 0.25) is 0 Å². The molecule has 0 saturated heterocycles. The second-order valence-electron chi connectivity index (χ2n) is 6.09. The number of ether oxygens (including phenoxy) is 1. The molecular weight excluding hydrogens is 318 g/mol. The molecule has 24 heavy (non-hydrogen) atoms. The zero-order chi connectivity index (χ0) is 16.8. The Balaban J connectivity index is 1.57. The van der Waals surface area contributed by atoms with E-state index in [0.29, 0.717) is 12.6 Å². The number of hydrogen-bond acceptors (Lipinski definition) is 3. The lowest BCUT2D eigenvalue weighted by Gasteiger charge is -2.27. The Hall–Kier alpha value is -2.01. The molecule has 1 aromatic heterocycles. The van der Waals surface area contributed by atoms with E-state index in [1.165, 1.54) is 24.1 Å². The summed E-state index contributed by atoms with van der Waals surface area (Å²) in [4.78, 5) is 5.63. The summed E-state index contributed by atoms with van der Waals surface area (Å²) in [6.45, 7) is 2.84. The van der Waals surface area contributed by atoms with Crippen LogP contribution in [-0.2, 0) is 6.54 Å². The topological polar surface area (TPSA) is 45.7 Å². The van der Waals surface area contributed by atoms with Crippen molar-refractivity contribution < 1.29 is 4.74 Å². The van der Waals surface area contributed by atoms with Crippen molar-refractivity contribution in [3.63, 3.8) is 0 Å². The van der Waals surface area contributed by atoms with Gasteiger partial charge in [-0.2, -0.15) is 0 Å². The zero-order valence-electron chi connectivity index (χ0n) is 14.3. The first kappa shape index (κ1) is 16.8. The first-order chi connectivity index (χ1) is 11.8. The molecule has 1 aromatic carbocycles. The predicted molar refractivity (Wildman–Crippen MR) is 101 cm³/mol. The lowest BCUT2D eigenvalue weighted by atomic mass is 9.96. The Morgan fingerprint density at radius 2 is 2.12 bits per heavy atom. The first-order valence-electron chi connectivity index (χ1n) is 8.51. The van der Waals surface area contributed by atoms with E-state index < -0.39 is 0 Å². The smallest absolute Gasteiger partial charge is 0.191 e. The van der Waals surface area contributed by atoms with E-state index in [9.17, 15) is 0 Å². The number of rotatable bonds is 6. The second-order valence-corrected chi connectivity index (χ2v) is 7.06. The van der Waals surface area contributed by atoms with Crippen LogP contribution in [-0.4, -0.2) is 19.1 Å². The highest BCUT2D eigenvalue weighted by atomic mass is 32.1. The third kappa shape index (κ3) is 4.29. The van der Waals surface area contributed by atoms with E-state index in [4.69, 9.17) is 4.74 Å². The minimum absolute atomic E-state index is 0.234. The fraction of sp³-hybridized carbons (Fsp3) is 0.421. The number of nitrogens with zero attached hydrogens (tertiary/aromatic N) is 1. The molecule has 0 bridgehead atoms. The maximum Gasteiger partial charge on any atom is 0.191 e. The Morgan fingerprint density at radius 3 is 2.79 bits per heavy atom. The van der Waals surface area contributed by atoms with Gasteiger partial charge in [-0.25, -0.2) is 0 Å². The average Bonchev–Trinajstić information content (AvgIpc) is 3.10. The predicted octanol–water partition coefficient (Wildman–Crippen LogP) is 4.11. The van der Waals surface area contributed by atoms with Gasteiger partial charge in [0.1, 0.15) is 5.75 Å². The van der Waals surface area contributed by atoms with Crippen molar-refractivity contribution in [2.24, 2.45) is 4.99 Å². The molecule has 5 heteroatoms.